The summed E-state index contributed by atoms with van der Waals surface area (Å²) in [6.07, 6.45) is 2.87. The van der Waals surface area contributed by atoms with Crippen LogP contribution in [0.15, 0.2) is 70.5 Å². The molecule has 0 saturated carbocycles. The molecule has 7 nitrogen and oxygen atoms in total. The van der Waals surface area contributed by atoms with Crippen LogP contribution in [0.4, 0.5) is 0 Å². The molecule has 0 aliphatic heterocycles. The van der Waals surface area contributed by atoms with Crippen LogP contribution in [0.25, 0.3) is 5.69 Å². The van der Waals surface area contributed by atoms with E-state index in [2.05, 4.69) is 5.32 Å². The number of carbonyl (C=O) groups excluding carboxylic acids is 1. The zero-order chi connectivity index (χ0) is 20.1. The molecule has 1 N–H and O–H groups in total. The van der Waals surface area contributed by atoms with E-state index in [-0.39, 0.29) is 12.5 Å². The second-order valence-corrected chi connectivity index (χ2v) is 6.34. The van der Waals surface area contributed by atoms with E-state index in [4.69, 9.17) is 4.74 Å². The first-order valence-electron chi connectivity index (χ1n) is 8.77. The van der Waals surface area contributed by atoms with Gasteiger partial charge in [-0.2, -0.15) is 0 Å². The van der Waals surface area contributed by atoms with Crippen LogP contribution in [0, 0.1) is 6.92 Å². The molecule has 2 aromatic carbocycles. The van der Waals surface area contributed by atoms with E-state index >= 15 is 0 Å². The van der Waals surface area contributed by atoms with E-state index in [0.717, 1.165) is 15.7 Å². The molecule has 0 aliphatic rings. The van der Waals surface area contributed by atoms with Gasteiger partial charge in [0.05, 0.1) is 12.8 Å². The molecule has 7 heteroatoms. The molecule has 0 atom stereocenters. The third-order valence-electron chi connectivity index (χ3n) is 4.33. The molecule has 1 aromatic heterocycles. The van der Waals surface area contributed by atoms with Crippen LogP contribution in [0.2, 0.25) is 0 Å². The average molecular weight is 379 g/mol. The molecule has 28 heavy (non-hydrogen) atoms. The van der Waals surface area contributed by atoms with E-state index in [1.54, 1.807) is 24.3 Å². The maximum Gasteiger partial charge on any atom is 0.321 e. The highest BCUT2D eigenvalue weighted by atomic mass is 16.5. The van der Waals surface area contributed by atoms with Gasteiger partial charge >= 0.3 is 11.1 Å². The van der Waals surface area contributed by atoms with Crippen LogP contribution in [-0.2, 0) is 17.9 Å². The number of ether oxygens (including phenoxy) is 1. The van der Waals surface area contributed by atoms with Gasteiger partial charge in [-0.3, -0.25) is 23.5 Å². The lowest BCUT2D eigenvalue weighted by atomic mass is 10.1. The monoisotopic (exact) mass is 379 g/mol. The second-order valence-electron chi connectivity index (χ2n) is 6.34. The van der Waals surface area contributed by atoms with Crippen molar-refractivity contribution in [3.8, 4) is 11.4 Å². The summed E-state index contributed by atoms with van der Waals surface area (Å²) in [6.45, 7) is 2.11. The molecule has 0 radical (unpaired) electrons. The number of hydrogen-bond donors (Lipinski definition) is 1. The number of hydrogen-bond acceptors (Lipinski definition) is 4. The molecule has 0 fully saturated rings. The summed E-state index contributed by atoms with van der Waals surface area (Å²) >= 11 is 0. The fourth-order valence-electron chi connectivity index (χ4n) is 2.77. The van der Waals surface area contributed by atoms with E-state index in [1.807, 2.05) is 31.2 Å². The number of nitrogens with zero attached hydrogens (tertiary/aromatic N) is 2. The lowest BCUT2D eigenvalue weighted by Gasteiger charge is -2.12. The normalized spacial score (nSPS) is 10.5. The predicted octanol–water partition coefficient (Wildman–Crippen LogP) is 1.63. The van der Waals surface area contributed by atoms with Gasteiger partial charge in [0.15, 0.2) is 0 Å². The van der Waals surface area contributed by atoms with Crippen molar-refractivity contribution in [2.75, 3.05) is 7.11 Å². The highest BCUT2D eigenvalue weighted by molar-refractivity contribution is 5.75. The molecular formula is C21H21N3O4. The number of rotatable bonds is 6. The van der Waals surface area contributed by atoms with Gasteiger partial charge in [-0.05, 0) is 24.6 Å². The van der Waals surface area contributed by atoms with Gasteiger partial charge in [-0.15, -0.1) is 0 Å². The van der Waals surface area contributed by atoms with Gasteiger partial charge < -0.3 is 10.1 Å². The molecule has 0 spiro atoms. The number of carbonyl (C=O) groups is 1. The minimum atomic E-state index is -0.779. The van der Waals surface area contributed by atoms with Crippen LogP contribution >= 0.6 is 0 Å². The first kappa shape index (κ1) is 19.2. The van der Waals surface area contributed by atoms with Crippen molar-refractivity contribution in [2.45, 2.75) is 20.0 Å². The first-order valence-corrected chi connectivity index (χ1v) is 8.77. The number of para-hydroxylation sites is 2. The third kappa shape index (κ3) is 4.20. The third-order valence-corrected chi connectivity index (χ3v) is 4.33. The highest BCUT2D eigenvalue weighted by Gasteiger charge is 2.12. The van der Waals surface area contributed by atoms with E-state index in [1.165, 1.54) is 24.1 Å². The quantitative estimate of drug-likeness (QED) is 0.660. The Kier molecular flexibility index (Phi) is 5.74. The highest BCUT2D eigenvalue weighted by Crippen LogP contribution is 2.19. The number of nitrogens with one attached hydrogen (secondary N) is 1. The van der Waals surface area contributed by atoms with E-state index in [9.17, 15) is 14.4 Å². The number of benzene rings is 2. The van der Waals surface area contributed by atoms with Crippen molar-refractivity contribution in [3.63, 3.8) is 0 Å². The van der Waals surface area contributed by atoms with Crippen LogP contribution in [0.5, 0.6) is 5.75 Å². The molecule has 1 amide bonds. The molecule has 1 heterocycles. The Morgan fingerprint density at radius 3 is 2.43 bits per heavy atom. The summed E-state index contributed by atoms with van der Waals surface area (Å²) in [5, 5.41) is 2.75. The molecule has 3 rings (SSSR count). The van der Waals surface area contributed by atoms with Gasteiger partial charge in [-0.1, -0.05) is 42.0 Å². The van der Waals surface area contributed by atoms with Crippen molar-refractivity contribution in [1.29, 1.82) is 0 Å². The summed E-state index contributed by atoms with van der Waals surface area (Å²) in [7, 11) is 1.49. The summed E-state index contributed by atoms with van der Waals surface area (Å²) in [4.78, 5) is 37.1. The summed E-state index contributed by atoms with van der Waals surface area (Å²) in [5.41, 5.74) is 1.02. The van der Waals surface area contributed by atoms with Gasteiger partial charge in [0, 0.05) is 18.9 Å². The maximum absolute atomic E-state index is 12.5. The van der Waals surface area contributed by atoms with Crippen molar-refractivity contribution < 1.29 is 9.53 Å². The van der Waals surface area contributed by atoms with Crippen LogP contribution in [-0.4, -0.2) is 22.2 Å². The Bertz CT molecular complexity index is 1100. The molecule has 0 saturated heterocycles. The number of methoxy groups -OCH3 is 1. The van der Waals surface area contributed by atoms with Crippen LogP contribution in [0.1, 0.15) is 11.1 Å². The Morgan fingerprint density at radius 1 is 1.00 bits per heavy atom. The Balaban J connectivity index is 1.76. The van der Waals surface area contributed by atoms with Crippen molar-refractivity contribution >= 4 is 5.91 Å². The van der Waals surface area contributed by atoms with Gasteiger partial charge in [0.1, 0.15) is 12.3 Å². The number of amides is 1. The zero-order valence-corrected chi connectivity index (χ0v) is 15.7. The molecule has 0 unspecified atom stereocenters. The number of aryl methyl sites for hydroxylation is 1. The smallest absolute Gasteiger partial charge is 0.321 e. The minimum absolute atomic E-state index is 0.229. The summed E-state index contributed by atoms with van der Waals surface area (Å²) < 4.78 is 7.54. The fourth-order valence-corrected chi connectivity index (χ4v) is 2.77. The van der Waals surface area contributed by atoms with Gasteiger partial charge in [-0.25, -0.2) is 0 Å². The largest absolute Gasteiger partial charge is 0.495 e. The Labute approximate surface area is 161 Å². The topological polar surface area (TPSA) is 82.3 Å². The van der Waals surface area contributed by atoms with E-state index < -0.39 is 11.1 Å². The van der Waals surface area contributed by atoms with Crippen molar-refractivity contribution in [1.82, 2.24) is 14.5 Å². The predicted molar refractivity (Wildman–Crippen MR) is 106 cm³/mol. The number of aromatic nitrogens is 2. The molecular weight excluding hydrogens is 358 g/mol. The average Bonchev–Trinajstić information content (AvgIpc) is 2.71. The standard InChI is InChI=1S/C21H21N3O4/c1-15-7-9-16(10-8-15)13-22-19(25)14-23-11-12-24(21(27)20(23)26)17-5-3-4-6-18(17)28-2/h3-12H,13-14H2,1-2H3,(H,22,25). The van der Waals surface area contributed by atoms with Gasteiger partial charge in [0.2, 0.25) is 5.91 Å². The van der Waals surface area contributed by atoms with Crippen molar-refractivity contribution in [3.05, 3.63) is 92.8 Å². The van der Waals surface area contributed by atoms with Crippen molar-refractivity contribution in [2.24, 2.45) is 0 Å². The molecule has 0 aliphatic carbocycles. The van der Waals surface area contributed by atoms with Crippen LogP contribution < -0.4 is 21.2 Å². The lowest BCUT2D eigenvalue weighted by molar-refractivity contribution is -0.121. The van der Waals surface area contributed by atoms with E-state index in [0.29, 0.717) is 18.0 Å². The molecule has 0 bridgehead atoms. The second kappa shape index (κ2) is 8.39. The fraction of sp³-hybridized carbons (Fsp3) is 0.190. The minimum Gasteiger partial charge on any atom is -0.495 e. The maximum atomic E-state index is 12.5. The SMILES string of the molecule is COc1ccccc1-n1ccn(CC(=O)NCc2ccc(C)cc2)c(=O)c1=O. The lowest BCUT2D eigenvalue weighted by Crippen LogP contribution is -2.42. The molecule has 3 aromatic rings. The first-order chi connectivity index (χ1) is 13.5. The zero-order valence-electron chi connectivity index (χ0n) is 15.7. The molecule has 144 valence electrons. The van der Waals surface area contributed by atoms with Gasteiger partial charge in [0.25, 0.3) is 0 Å². The summed E-state index contributed by atoms with van der Waals surface area (Å²) in [5.74, 6) is 0.120. The summed E-state index contributed by atoms with van der Waals surface area (Å²) in [6, 6.07) is 14.7. The Morgan fingerprint density at radius 2 is 1.71 bits per heavy atom. The Hall–Kier alpha value is -3.61. The van der Waals surface area contributed by atoms with Crippen LogP contribution in [0.3, 0.4) is 0 Å².